The third-order valence-corrected chi connectivity index (χ3v) is 6.15. The van der Waals surface area contributed by atoms with Crippen LogP contribution >= 0.6 is 11.8 Å². The predicted molar refractivity (Wildman–Crippen MR) is 131 cm³/mol. The predicted octanol–water partition coefficient (Wildman–Crippen LogP) is 3.38. The van der Waals surface area contributed by atoms with Gasteiger partial charge in [-0.25, -0.2) is 9.79 Å². The highest BCUT2D eigenvalue weighted by molar-refractivity contribution is 8.16. The van der Waals surface area contributed by atoms with Crippen LogP contribution in [0.15, 0.2) is 45.6 Å². The minimum absolute atomic E-state index is 0.0133. The summed E-state index contributed by atoms with van der Waals surface area (Å²) in [6, 6.07) is 4.89. The van der Waals surface area contributed by atoms with Gasteiger partial charge in [-0.15, -0.1) is 0 Å². The summed E-state index contributed by atoms with van der Waals surface area (Å²) < 4.78 is 21.7. The summed E-state index contributed by atoms with van der Waals surface area (Å²) in [5.41, 5.74) is 2.33. The molecule has 0 aromatic heterocycles. The fourth-order valence-electron chi connectivity index (χ4n) is 3.89. The number of nitrogens with zero attached hydrogens (tertiary/aromatic N) is 2. The number of allylic oxidation sites excluding steroid dienone is 1. The van der Waals surface area contributed by atoms with Gasteiger partial charge in [-0.2, -0.15) is 0 Å². The maximum atomic E-state index is 13.3. The van der Waals surface area contributed by atoms with Gasteiger partial charge in [0, 0.05) is 24.4 Å². The number of hydrogen-bond acceptors (Lipinski definition) is 9. The Kier molecular flexibility index (Phi) is 8.62. The normalized spacial score (nSPS) is 17.3. The lowest BCUT2D eigenvalue weighted by Gasteiger charge is -2.37. The van der Waals surface area contributed by atoms with Crippen molar-refractivity contribution in [3.63, 3.8) is 0 Å². The lowest BCUT2D eigenvalue weighted by atomic mass is 9.92. The first kappa shape index (κ1) is 25.6. The van der Waals surface area contributed by atoms with Crippen LogP contribution in [0.4, 0.5) is 0 Å². The van der Waals surface area contributed by atoms with E-state index in [2.05, 4.69) is 10.3 Å². The number of aliphatic imine (C=N–C) groups is 1. The van der Waals surface area contributed by atoms with Crippen molar-refractivity contribution >= 4 is 28.8 Å². The fraction of sp³-hybridized carbons (Fsp3) is 0.458. The van der Waals surface area contributed by atoms with Gasteiger partial charge < -0.3 is 29.2 Å². The number of methoxy groups -OCH3 is 3. The van der Waals surface area contributed by atoms with E-state index in [9.17, 15) is 9.59 Å². The van der Waals surface area contributed by atoms with E-state index < -0.39 is 12.0 Å². The summed E-state index contributed by atoms with van der Waals surface area (Å²) in [6.07, 6.45) is 0.137. The second-order valence-corrected chi connectivity index (χ2v) is 8.84. The van der Waals surface area contributed by atoms with Crippen molar-refractivity contribution < 1.29 is 28.5 Å². The highest BCUT2D eigenvalue weighted by atomic mass is 32.2. The zero-order chi connectivity index (χ0) is 24.8. The van der Waals surface area contributed by atoms with Crippen molar-refractivity contribution in [2.75, 3.05) is 34.5 Å². The maximum absolute atomic E-state index is 13.3. The van der Waals surface area contributed by atoms with Crippen molar-refractivity contribution in [3.05, 3.63) is 46.1 Å². The Labute approximate surface area is 204 Å². The first-order valence-electron chi connectivity index (χ1n) is 10.9. The van der Waals surface area contributed by atoms with Crippen LogP contribution in [-0.4, -0.2) is 62.5 Å². The van der Waals surface area contributed by atoms with E-state index in [-0.39, 0.29) is 31.6 Å². The molecule has 1 atom stereocenters. The number of ether oxygens (including phenoxy) is 4. The molecule has 10 heteroatoms. The highest BCUT2D eigenvalue weighted by Gasteiger charge is 2.42. The summed E-state index contributed by atoms with van der Waals surface area (Å²) in [7, 11) is 4.65. The summed E-state index contributed by atoms with van der Waals surface area (Å²) >= 11 is 1.41. The maximum Gasteiger partial charge on any atom is 0.338 e. The minimum atomic E-state index is -0.624. The van der Waals surface area contributed by atoms with Crippen LogP contribution in [0.2, 0.25) is 0 Å². The van der Waals surface area contributed by atoms with Gasteiger partial charge in [-0.3, -0.25) is 4.79 Å². The number of hydrogen-bond donors (Lipinski definition) is 1. The van der Waals surface area contributed by atoms with E-state index in [1.807, 2.05) is 36.3 Å². The smallest absolute Gasteiger partial charge is 0.338 e. The van der Waals surface area contributed by atoms with Gasteiger partial charge in [0.05, 0.1) is 44.6 Å². The number of amidine groups is 1. The van der Waals surface area contributed by atoms with E-state index in [1.165, 1.54) is 11.8 Å². The van der Waals surface area contributed by atoms with Gasteiger partial charge in [-0.1, -0.05) is 23.9 Å². The van der Waals surface area contributed by atoms with Crippen molar-refractivity contribution in [2.24, 2.45) is 4.99 Å². The Morgan fingerprint density at radius 2 is 1.94 bits per heavy atom. The molecule has 0 aliphatic carbocycles. The van der Waals surface area contributed by atoms with Gasteiger partial charge in [0.1, 0.15) is 6.61 Å². The van der Waals surface area contributed by atoms with Crippen LogP contribution in [0.25, 0.3) is 0 Å². The molecule has 9 nitrogen and oxygen atoms in total. The zero-order valence-corrected chi connectivity index (χ0v) is 21.2. The van der Waals surface area contributed by atoms with E-state index >= 15 is 0 Å². The molecule has 0 radical (unpaired) electrons. The van der Waals surface area contributed by atoms with E-state index in [0.29, 0.717) is 33.5 Å². The van der Waals surface area contributed by atoms with Crippen LogP contribution < -0.4 is 14.8 Å². The van der Waals surface area contributed by atoms with Crippen molar-refractivity contribution in [3.8, 4) is 11.5 Å². The van der Waals surface area contributed by atoms with Crippen LogP contribution in [0.1, 0.15) is 38.8 Å². The standard InChI is InChI=1S/C24H31N3O6S/c1-14(2)25-19(28)12-16-13-34-24-26-15(3)20(23(29)33-11-10-30-4)21(27(16)24)17-8-7-9-18(31-5)22(17)32-6/h7-9,13-14,21H,10-12H2,1-6H3,(H,25,28). The molecule has 0 saturated carbocycles. The van der Waals surface area contributed by atoms with Crippen molar-refractivity contribution in [1.29, 1.82) is 0 Å². The summed E-state index contributed by atoms with van der Waals surface area (Å²) in [6.45, 7) is 5.99. The van der Waals surface area contributed by atoms with Crippen LogP contribution in [0.5, 0.6) is 11.5 Å². The van der Waals surface area contributed by atoms with Crippen molar-refractivity contribution in [2.45, 2.75) is 39.3 Å². The Balaban J connectivity index is 2.10. The number of carbonyl (C=O) groups excluding carboxylic acids is 2. The molecule has 1 aromatic carbocycles. The Bertz CT molecular complexity index is 1030. The second kappa shape index (κ2) is 11.4. The monoisotopic (exact) mass is 489 g/mol. The Hall–Kier alpha value is -2.98. The highest BCUT2D eigenvalue weighted by Crippen LogP contribution is 2.48. The van der Waals surface area contributed by atoms with Gasteiger partial charge in [0.25, 0.3) is 0 Å². The molecule has 1 unspecified atom stereocenters. The topological polar surface area (TPSA) is 98.7 Å². The molecule has 0 bridgehead atoms. The summed E-state index contributed by atoms with van der Waals surface area (Å²) in [5.74, 6) is 0.405. The number of thioether (sulfide) groups is 1. The number of nitrogens with one attached hydrogen (secondary N) is 1. The summed E-state index contributed by atoms with van der Waals surface area (Å²) in [4.78, 5) is 32.5. The third kappa shape index (κ3) is 5.39. The molecule has 2 aliphatic heterocycles. The molecule has 1 aromatic rings. The number of carbonyl (C=O) groups is 2. The molecule has 2 heterocycles. The lowest BCUT2D eigenvalue weighted by molar-refractivity contribution is -0.141. The van der Waals surface area contributed by atoms with Crippen LogP contribution in [0, 0.1) is 0 Å². The largest absolute Gasteiger partial charge is 0.493 e. The number of para-hydroxylation sites is 1. The van der Waals surface area contributed by atoms with Crippen LogP contribution in [0.3, 0.4) is 0 Å². The van der Waals surface area contributed by atoms with Gasteiger partial charge in [-0.05, 0) is 32.2 Å². The lowest BCUT2D eigenvalue weighted by Crippen LogP contribution is -2.39. The van der Waals surface area contributed by atoms with Gasteiger partial charge in [0.2, 0.25) is 5.91 Å². The SMILES string of the molecule is COCCOC(=O)C1=C(C)N=C2SC=C(CC(=O)NC(C)C)N2C1c1cccc(OC)c1OC. The quantitative estimate of drug-likeness (QED) is 0.395. The van der Waals surface area contributed by atoms with Crippen LogP contribution in [-0.2, 0) is 19.1 Å². The molecule has 1 amide bonds. The average molecular weight is 490 g/mol. The molecule has 1 N–H and O–H groups in total. The summed E-state index contributed by atoms with van der Waals surface area (Å²) in [5, 5.41) is 5.49. The minimum Gasteiger partial charge on any atom is -0.493 e. The Morgan fingerprint density at radius 3 is 2.59 bits per heavy atom. The number of esters is 1. The first-order chi connectivity index (χ1) is 16.3. The van der Waals surface area contributed by atoms with E-state index in [0.717, 1.165) is 5.70 Å². The molecule has 184 valence electrons. The number of amides is 1. The average Bonchev–Trinajstić information content (AvgIpc) is 3.18. The van der Waals surface area contributed by atoms with E-state index in [4.69, 9.17) is 18.9 Å². The number of rotatable bonds is 10. The molecular formula is C24H31N3O6S. The molecule has 0 spiro atoms. The van der Waals surface area contributed by atoms with Gasteiger partial charge >= 0.3 is 5.97 Å². The molecule has 2 aliphatic rings. The molecule has 34 heavy (non-hydrogen) atoms. The number of benzene rings is 1. The van der Waals surface area contributed by atoms with Gasteiger partial charge in [0.15, 0.2) is 16.7 Å². The van der Waals surface area contributed by atoms with E-state index in [1.54, 1.807) is 34.3 Å². The second-order valence-electron chi connectivity index (χ2n) is 8.00. The Morgan fingerprint density at radius 1 is 1.18 bits per heavy atom. The number of fused-ring (bicyclic) bond motifs is 1. The molecule has 3 rings (SSSR count). The molecule has 0 saturated heterocycles. The van der Waals surface area contributed by atoms with Crippen molar-refractivity contribution in [1.82, 2.24) is 10.2 Å². The third-order valence-electron chi connectivity index (χ3n) is 5.26. The first-order valence-corrected chi connectivity index (χ1v) is 11.8. The molecular weight excluding hydrogens is 458 g/mol. The fourth-order valence-corrected chi connectivity index (χ4v) is 4.85. The molecule has 0 fully saturated rings. The zero-order valence-electron chi connectivity index (χ0n) is 20.3.